The molecular weight excluding hydrogens is 496 g/mol. The van der Waals surface area contributed by atoms with Crippen LogP contribution < -0.4 is 20.7 Å². The highest BCUT2D eigenvalue weighted by Gasteiger charge is 2.24. The molecule has 0 unspecified atom stereocenters. The molecule has 1 aliphatic carbocycles. The first-order chi connectivity index (χ1) is 18.6. The maximum absolute atomic E-state index is 14.0. The van der Waals surface area contributed by atoms with E-state index in [1.54, 1.807) is 25.6 Å². The van der Waals surface area contributed by atoms with Crippen molar-refractivity contribution < 1.29 is 9.47 Å². The van der Waals surface area contributed by atoms with E-state index in [9.17, 15) is 9.59 Å². The molecule has 0 N–H and O–H groups in total. The standard InChI is InChI=1S/C31H30N2O4S/c1-36-25-15-14-20(18-26(25)37-2)16-17-32-29(34)28-24-12-5-6-13-27(24)38-30(28)33(31(32)35)19-22-10-7-9-21-8-3-4-11-23(21)22/h3-4,7-11,14-15,18H,5-6,12-13,16-17,19H2,1-2H3. The first kappa shape index (κ1) is 24.5. The van der Waals surface area contributed by atoms with Crippen LogP contribution in [-0.4, -0.2) is 23.4 Å². The third kappa shape index (κ3) is 4.21. The Labute approximate surface area is 224 Å². The fourth-order valence-corrected chi connectivity index (χ4v) is 7.00. The van der Waals surface area contributed by atoms with Crippen molar-refractivity contribution >= 4 is 32.3 Å². The van der Waals surface area contributed by atoms with Gasteiger partial charge in [-0.3, -0.25) is 13.9 Å². The molecule has 38 heavy (non-hydrogen) atoms. The summed E-state index contributed by atoms with van der Waals surface area (Å²) < 4.78 is 14.1. The van der Waals surface area contributed by atoms with Gasteiger partial charge < -0.3 is 9.47 Å². The molecule has 0 fully saturated rings. The first-order valence-electron chi connectivity index (χ1n) is 13.0. The molecule has 6 rings (SSSR count). The van der Waals surface area contributed by atoms with Crippen molar-refractivity contribution in [2.24, 2.45) is 0 Å². The number of methoxy groups -OCH3 is 2. The lowest BCUT2D eigenvalue weighted by molar-refractivity contribution is 0.354. The molecular formula is C31H30N2O4S. The topological polar surface area (TPSA) is 62.5 Å². The second-order valence-electron chi connectivity index (χ2n) is 9.79. The highest BCUT2D eigenvalue weighted by molar-refractivity contribution is 7.18. The van der Waals surface area contributed by atoms with E-state index in [0.717, 1.165) is 63.4 Å². The van der Waals surface area contributed by atoms with E-state index in [2.05, 4.69) is 24.3 Å². The van der Waals surface area contributed by atoms with Crippen LogP contribution in [0.15, 0.2) is 70.3 Å². The van der Waals surface area contributed by atoms with Crippen LogP contribution in [0.2, 0.25) is 0 Å². The Morgan fingerprint density at radius 1 is 0.868 bits per heavy atom. The van der Waals surface area contributed by atoms with Crippen LogP contribution in [-0.2, 0) is 32.4 Å². The molecule has 7 heteroatoms. The van der Waals surface area contributed by atoms with E-state index in [0.29, 0.717) is 31.0 Å². The molecule has 5 aromatic rings. The second kappa shape index (κ2) is 10.1. The average molecular weight is 527 g/mol. The molecule has 2 heterocycles. The predicted molar refractivity (Wildman–Crippen MR) is 153 cm³/mol. The van der Waals surface area contributed by atoms with Crippen LogP contribution in [0.5, 0.6) is 11.5 Å². The Kier molecular flexibility index (Phi) is 6.54. The van der Waals surface area contributed by atoms with E-state index in [1.807, 2.05) is 41.0 Å². The number of rotatable bonds is 7. The number of aryl methyl sites for hydroxylation is 3. The molecule has 0 aliphatic heterocycles. The van der Waals surface area contributed by atoms with Crippen LogP contribution in [0.4, 0.5) is 0 Å². The zero-order chi connectivity index (χ0) is 26.2. The third-order valence-corrected chi connectivity index (χ3v) is 8.91. The lowest BCUT2D eigenvalue weighted by Crippen LogP contribution is -2.40. The molecule has 0 bridgehead atoms. The van der Waals surface area contributed by atoms with Gasteiger partial charge in [-0.15, -0.1) is 11.3 Å². The number of benzene rings is 3. The van der Waals surface area contributed by atoms with E-state index >= 15 is 0 Å². The van der Waals surface area contributed by atoms with Crippen molar-refractivity contribution in [2.45, 2.75) is 45.2 Å². The Bertz CT molecular complexity index is 1770. The molecule has 6 nitrogen and oxygen atoms in total. The average Bonchev–Trinajstić information content (AvgIpc) is 3.35. The number of thiophene rings is 1. The number of fused-ring (bicyclic) bond motifs is 4. The van der Waals surface area contributed by atoms with Crippen molar-refractivity contribution in [3.63, 3.8) is 0 Å². The SMILES string of the molecule is COc1ccc(CCn2c(=O)c3c4c(sc3n(Cc3cccc5ccccc35)c2=O)CCCC4)cc1OC. The summed E-state index contributed by atoms with van der Waals surface area (Å²) in [5, 5.41) is 3.00. The van der Waals surface area contributed by atoms with Crippen LogP contribution in [0.25, 0.3) is 21.0 Å². The van der Waals surface area contributed by atoms with Gasteiger partial charge in [0.2, 0.25) is 0 Å². The van der Waals surface area contributed by atoms with Gasteiger partial charge in [-0.1, -0.05) is 48.5 Å². The Morgan fingerprint density at radius 3 is 2.50 bits per heavy atom. The van der Waals surface area contributed by atoms with Gasteiger partial charge in [0.15, 0.2) is 11.5 Å². The summed E-state index contributed by atoms with van der Waals surface area (Å²) in [5.41, 5.74) is 2.77. The van der Waals surface area contributed by atoms with Crippen molar-refractivity contribution in [3.05, 3.63) is 103 Å². The first-order valence-corrected chi connectivity index (χ1v) is 13.9. The molecule has 1 aliphatic rings. The number of hydrogen-bond acceptors (Lipinski definition) is 5. The fraction of sp³-hybridized carbons (Fsp3) is 0.290. The van der Waals surface area contributed by atoms with Crippen molar-refractivity contribution in [1.82, 2.24) is 9.13 Å². The summed E-state index contributed by atoms with van der Waals surface area (Å²) >= 11 is 1.63. The molecule has 0 amide bonds. The predicted octanol–water partition coefficient (Wildman–Crippen LogP) is 5.56. The summed E-state index contributed by atoms with van der Waals surface area (Å²) in [6.45, 7) is 0.718. The maximum Gasteiger partial charge on any atom is 0.332 e. The highest BCUT2D eigenvalue weighted by atomic mass is 32.1. The largest absolute Gasteiger partial charge is 0.493 e. The van der Waals surface area contributed by atoms with E-state index < -0.39 is 0 Å². The molecule has 0 atom stereocenters. The van der Waals surface area contributed by atoms with Gasteiger partial charge >= 0.3 is 5.69 Å². The van der Waals surface area contributed by atoms with Gasteiger partial charge in [0, 0.05) is 11.4 Å². The van der Waals surface area contributed by atoms with Gasteiger partial charge in [-0.25, -0.2) is 4.79 Å². The van der Waals surface area contributed by atoms with Gasteiger partial charge in [0.25, 0.3) is 5.56 Å². The third-order valence-electron chi connectivity index (χ3n) is 7.60. The Balaban J connectivity index is 1.48. The van der Waals surface area contributed by atoms with Gasteiger partial charge in [-0.2, -0.15) is 0 Å². The zero-order valence-corrected chi connectivity index (χ0v) is 22.5. The normalized spacial score (nSPS) is 13.1. The lowest BCUT2D eigenvalue weighted by atomic mass is 9.97. The van der Waals surface area contributed by atoms with E-state index in [-0.39, 0.29) is 11.2 Å². The molecule has 0 saturated heterocycles. The quantitative estimate of drug-likeness (QED) is 0.278. The Hall–Kier alpha value is -3.84. The number of nitrogens with zero attached hydrogens (tertiary/aromatic N) is 2. The van der Waals surface area contributed by atoms with Crippen molar-refractivity contribution in [1.29, 1.82) is 0 Å². The minimum Gasteiger partial charge on any atom is -0.493 e. The maximum atomic E-state index is 14.0. The minimum absolute atomic E-state index is 0.168. The molecule has 0 radical (unpaired) electrons. The second-order valence-corrected chi connectivity index (χ2v) is 10.9. The van der Waals surface area contributed by atoms with Gasteiger partial charge in [-0.05, 0) is 71.7 Å². The number of aromatic nitrogens is 2. The Morgan fingerprint density at radius 2 is 1.66 bits per heavy atom. The fourth-order valence-electron chi connectivity index (χ4n) is 5.63. The molecule has 2 aromatic heterocycles. The minimum atomic E-state index is -0.255. The summed E-state index contributed by atoms with van der Waals surface area (Å²) in [6, 6.07) is 20.1. The van der Waals surface area contributed by atoms with Gasteiger partial charge in [0.05, 0.1) is 26.2 Å². The smallest absolute Gasteiger partial charge is 0.332 e. The zero-order valence-electron chi connectivity index (χ0n) is 21.7. The van der Waals surface area contributed by atoms with Crippen LogP contribution in [0, 0.1) is 0 Å². The van der Waals surface area contributed by atoms with Crippen LogP contribution in [0.1, 0.15) is 34.4 Å². The highest BCUT2D eigenvalue weighted by Crippen LogP contribution is 2.35. The van der Waals surface area contributed by atoms with E-state index in [1.165, 1.54) is 9.44 Å². The summed E-state index contributed by atoms with van der Waals surface area (Å²) in [5.74, 6) is 1.28. The molecule has 194 valence electrons. The number of hydrogen-bond donors (Lipinski definition) is 0. The summed E-state index contributed by atoms with van der Waals surface area (Å²) in [6.07, 6.45) is 4.60. The molecule has 0 saturated carbocycles. The van der Waals surface area contributed by atoms with Crippen molar-refractivity contribution in [3.8, 4) is 11.5 Å². The van der Waals surface area contributed by atoms with Gasteiger partial charge in [0.1, 0.15) is 4.83 Å². The van der Waals surface area contributed by atoms with E-state index in [4.69, 9.17) is 9.47 Å². The summed E-state index contributed by atoms with van der Waals surface area (Å²) in [7, 11) is 3.21. The van der Waals surface area contributed by atoms with Crippen LogP contribution >= 0.6 is 11.3 Å². The molecule has 0 spiro atoms. The monoisotopic (exact) mass is 526 g/mol. The van der Waals surface area contributed by atoms with Crippen molar-refractivity contribution in [2.75, 3.05) is 14.2 Å². The summed E-state index contributed by atoms with van der Waals surface area (Å²) in [4.78, 5) is 29.9. The molecule has 3 aromatic carbocycles. The lowest BCUT2D eigenvalue weighted by Gasteiger charge is -2.15. The van der Waals surface area contributed by atoms with Crippen LogP contribution in [0.3, 0.4) is 0 Å². The number of ether oxygens (including phenoxy) is 2.